The van der Waals surface area contributed by atoms with Crippen LogP contribution in [0.3, 0.4) is 0 Å². The Labute approximate surface area is 149 Å². The molecule has 3 heterocycles. The second-order valence-corrected chi connectivity index (χ2v) is 7.07. The van der Waals surface area contributed by atoms with Gasteiger partial charge in [-0.25, -0.2) is 4.79 Å². The van der Waals surface area contributed by atoms with E-state index in [0.717, 1.165) is 18.5 Å². The number of nitrogens with one attached hydrogen (secondary N) is 1. The van der Waals surface area contributed by atoms with Crippen LogP contribution in [0.25, 0.3) is 11.4 Å². The van der Waals surface area contributed by atoms with Crippen LogP contribution in [0.15, 0.2) is 40.2 Å². The summed E-state index contributed by atoms with van der Waals surface area (Å²) >= 11 is 1.77. The van der Waals surface area contributed by atoms with Crippen molar-refractivity contribution >= 4 is 23.1 Å². The van der Waals surface area contributed by atoms with E-state index < -0.39 is 0 Å². The number of amides is 2. The number of rotatable bonds is 2. The van der Waals surface area contributed by atoms with E-state index in [2.05, 4.69) is 33.8 Å². The molecule has 1 unspecified atom stereocenters. The van der Waals surface area contributed by atoms with Gasteiger partial charge in [0.15, 0.2) is 0 Å². The Morgan fingerprint density at radius 1 is 1.40 bits per heavy atom. The van der Waals surface area contributed by atoms with E-state index in [9.17, 15) is 4.79 Å². The Hall–Kier alpha value is -2.67. The first-order chi connectivity index (χ1) is 12.1. The number of benzene rings is 1. The summed E-state index contributed by atoms with van der Waals surface area (Å²) in [5.41, 5.74) is 2.78. The molecular formula is C18H18N4O2S. The molecule has 0 aliphatic carbocycles. The first-order valence-electron chi connectivity index (χ1n) is 8.16. The number of carbonyl (C=O) groups is 1. The molecule has 1 atom stereocenters. The molecule has 0 spiro atoms. The van der Waals surface area contributed by atoms with Gasteiger partial charge in [-0.1, -0.05) is 17.3 Å². The summed E-state index contributed by atoms with van der Waals surface area (Å²) in [5.74, 6) is 1.03. The third-order valence-electron chi connectivity index (χ3n) is 4.44. The Bertz CT molecular complexity index is 917. The van der Waals surface area contributed by atoms with Gasteiger partial charge in [0.25, 0.3) is 0 Å². The average Bonchev–Trinajstić information content (AvgIpc) is 3.24. The van der Waals surface area contributed by atoms with Crippen molar-refractivity contribution < 1.29 is 9.32 Å². The van der Waals surface area contributed by atoms with Crippen molar-refractivity contribution in [3.63, 3.8) is 0 Å². The maximum Gasteiger partial charge on any atom is 0.322 e. The molecule has 0 saturated carbocycles. The molecule has 3 aromatic rings. The van der Waals surface area contributed by atoms with E-state index in [1.807, 2.05) is 29.2 Å². The molecule has 1 N–H and O–H groups in total. The molecule has 6 nitrogen and oxygen atoms in total. The summed E-state index contributed by atoms with van der Waals surface area (Å²) in [6.45, 7) is 4.55. The molecule has 0 saturated heterocycles. The first-order valence-corrected chi connectivity index (χ1v) is 9.04. The van der Waals surface area contributed by atoms with Crippen molar-refractivity contribution in [1.82, 2.24) is 15.0 Å². The molecular weight excluding hydrogens is 336 g/mol. The van der Waals surface area contributed by atoms with Crippen LogP contribution in [0.5, 0.6) is 0 Å². The number of aryl methyl sites for hydroxylation is 1. The predicted octanol–water partition coefficient (Wildman–Crippen LogP) is 4.26. The molecule has 2 aromatic heterocycles. The van der Waals surface area contributed by atoms with Gasteiger partial charge in [0.05, 0.1) is 6.04 Å². The van der Waals surface area contributed by atoms with Gasteiger partial charge in [0, 0.05) is 29.6 Å². The lowest BCUT2D eigenvalue weighted by Crippen LogP contribution is -2.40. The van der Waals surface area contributed by atoms with E-state index in [1.54, 1.807) is 18.3 Å². The summed E-state index contributed by atoms with van der Waals surface area (Å²) in [6, 6.07) is 9.58. The zero-order chi connectivity index (χ0) is 17.4. The van der Waals surface area contributed by atoms with Crippen molar-refractivity contribution in [3.8, 4) is 11.4 Å². The van der Waals surface area contributed by atoms with Gasteiger partial charge in [-0.15, -0.1) is 11.3 Å². The van der Waals surface area contributed by atoms with Gasteiger partial charge in [0.1, 0.15) is 0 Å². The lowest BCUT2D eigenvalue weighted by molar-refractivity contribution is 0.189. The summed E-state index contributed by atoms with van der Waals surface area (Å²) in [7, 11) is 0. The van der Waals surface area contributed by atoms with Crippen LogP contribution >= 0.6 is 11.3 Å². The molecule has 1 aromatic carbocycles. The van der Waals surface area contributed by atoms with Crippen molar-refractivity contribution in [1.29, 1.82) is 0 Å². The lowest BCUT2D eigenvalue weighted by atomic mass is 10.0. The third kappa shape index (κ3) is 3.02. The predicted molar refractivity (Wildman–Crippen MR) is 96.6 cm³/mol. The number of carbonyl (C=O) groups excluding carboxylic acids is 1. The summed E-state index contributed by atoms with van der Waals surface area (Å²) in [5, 5.41) is 9.00. The fourth-order valence-electron chi connectivity index (χ4n) is 3.13. The molecule has 0 fully saturated rings. The highest BCUT2D eigenvalue weighted by molar-refractivity contribution is 7.10. The van der Waals surface area contributed by atoms with E-state index in [1.165, 1.54) is 10.4 Å². The zero-order valence-electron chi connectivity index (χ0n) is 14.0. The topological polar surface area (TPSA) is 71.3 Å². The number of fused-ring (bicyclic) bond motifs is 1. The zero-order valence-corrected chi connectivity index (χ0v) is 14.8. The fourth-order valence-corrected chi connectivity index (χ4v) is 4.10. The maximum absolute atomic E-state index is 12.7. The molecule has 1 aliphatic rings. The van der Waals surface area contributed by atoms with Crippen LogP contribution < -0.4 is 5.32 Å². The van der Waals surface area contributed by atoms with Gasteiger partial charge in [-0.05, 0) is 42.5 Å². The number of hydrogen-bond acceptors (Lipinski definition) is 5. The number of anilines is 1. The first kappa shape index (κ1) is 15.8. The normalized spacial score (nSPS) is 16.6. The highest BCUT2D eigenvalue weighted by Crippen LogP contribution is 2.33. The quantitative estimate of drug-likeness (QED) is 0.746. The van der Waals surface area contributed by atoms with Crippen molar-refractivity contribution in [2.75, 3.05) is 11.9 Å². The van der Waals surface area contributed by atoms with Gasteiger partial charge >= 0.3 is 6.03 Å². The van der Waals surface area contributed by atoms with Crippen molar-refractivity contribution in [2.45, 2.75) is 26.3 Å². The van der Waals surface area contributed by atoms with Gasteiger partial charge in [-0.2, -0.15) is 4.98 Å². The van der Waals surface area contributed by atoms with Gasteiger partial charge in [-0.3, -0.25) is 0 Å². The molecule has 4 rings (SSSR count). The number of thiophene rings is 1. The van der Waals surface area contributed by atoms with E-state index in [0.29, 0.717) is 17.4 Å². The number of nitrogens with zero attached hydrogens (tertiary/aromatic N) is 3. The SMILES string of the molecule is Cc1nc(-c2cccc(NC(=O)N3CCc4sccc4C3C)c2)no1. The van der Waals surface area contributed by atoms with Gasteiger partial charge < -0.3 is 14.7 Å². The Balaban J connectivity index is 1.52. The Morgan fingerprint density at radius 2 is 2.28 bits per heavy atom. The van der Waals surface area contributed by atoms with Crippen LogP contribution in [0.4, 0.5) is 10.5 Å². The Kier molecular flexibility index (Phi) is 4.01. The smallest absolute Gasteiger partial charge is 0.322 e. The minimum absolute atomic E-state index is 0.0815. The molecule has 0 bridgehead atoms. The number of urea groups is 1. The molecule has 7 heteroatoms. The fraction of sp³-hybridized carbons (Fsp3) is 0.278. The Morgan fingerprint density at radius 3 is 3.08 bits per heavy atom. The minimum Gasteiger partial charge on any atom is -0.339 e. The number of aromatic nitrogens is 2. The molecule has 1 aliphatic heterocycles. The molecule has 25 heavy (non-hydrogen) atoms. The van der Waals surface area contributed by atoms with Crippen LogP contribution in [-0.2, 0) is 6.42 Å². The summed E-state index contributed by atoms with van der Waals surface area (Å²) < 4.78 is 5.02. The highest BCUT2D eigenvalue weighted by atomic mass is 32.1. The lowest BCUT2D eigenvalue weighted by Gasteiger charge is -2.33. The largest absolute Gasteiger partial charge is 0.339 e. The molecule has 0 radical (unpaired) electrons. The molecule has 128 valence electrons. The van der Waals surface area contributed by atoms with Crippen LogP contribution in [0, 0.1) is 6.92 Å². The maximum atomic E-state index is 12.7. The summed E-state index contributed by atoms with van der Waals surface area (Å²) in [4.78, 5) is 20.2. The van der Waals surface area contributed by atoms with E-state index in [4.69, 9.17) is 4.52 Å². The second kappa shape index (κ2) is 6.33. The van der Waals surface area contributed by atoms with Crippen LogP contribution in [0.1, 0.15) is 29.3 Å². The minimum atomic E-state index is -0.0919. The standard InChI is InChI=1S/C18H18N4O2S/c1-11-15-7-9-25-16(15)6-8-22(11)18(23)20-14-5-3-4-13(10-14)17-19-12(2)24-21-17/h3-5,7,9-11H,6,8H2,1-2H3,(H,20,23). The molecule has 2 amide bonds. The van der Waals surface area contributed by atoms with E-state index >= 15 is 0 Å². The van der Waals surface area contributed by atoms with E-state index in [-0.39, 0.29) is 12.1 Å². The number of hydrogen-bond donors (Lipinski definition) is 1. The van der Waals surface area contributed by atoms with Crippen LogP contribution in [-0.4, -0.2) is 27.6 Å². The second-order valence-electron chi connectivity index (χ2n) is 6.07. The third-order valence-corrected chi connectivity index (χ3v) is 5.43. The summed E-state index contributed by atoms with van der Waals surface area (Å²) in [6.07, 6.45) is 0.910. The monoisotopic (exact) mass is 354 g/mol. The van der Waals surface area contributed by atoms with Crippen LogP contribution in [0.2, 0.25) is 0 Å². The average molecular weight is 354 g/mol. The van der Waals surface area contributed by atoms with Crippen molar-refractivity contribution in [2.24, 2.45) is 0 Å². The van der Waals surface area contributed by atoms with Crippen molar-refractivity contribution in [3.05, 3.63) is 52.0 Å². The van der Waals surface area contributed by atoms with Gasteiger partial charge in [0.2, 0.25) is 11.7 Å². The highest BCUT2D eigenvalue weighted by Gasteiger charge is 2.28.